The number of carboxylic acid groups (broad SMARTS) is 1. The Kier molecular flexibility index (Phi) is 33.5. The first-order valence-electron chi connectivity index (χ1n) is 20.0. The molecule has 0 heterocycles. The molecule has 0 saturated carbocycles. The molecule has 0 aliphatic carbocycles. The molecular weight excluding hydrogens is 702 g/mol. The van der Waals surface area contributed by atoms with E-state index in [0.29, 0.717) is 19.1 Å². The number of hydrogen-bond donors (Lipinski definition) is 4. The molecule has 1 atom stereocenters. The molecule has 0 aliphatic rings. The van der Waals surface area contributed by atoms with E-state index in [4.69, 9.17) is 28.8 Å². The second-order valence-electron chi connectivity index (χ2n) is 14.3. The molecule has 0 fully saturated rings. The SMILES string of the molecule is CC(C)(C)OC(=O)CCCCCCCCCCCCCCCCC(=O)N[C@H](C=O)CCC(=O)NCCOCCOCC(=O)NCCOCCOCC(=O)O. The summed E-state index contributed by atoms with van der Waals surface area (Å²) in [4.78, 5) is 69.6. The standard InChI is InChI=1S/C39H71N3O12/c1-39(2,3)54-38(49)19-17-15-13-11-9-7-5-4-6-8-10-12-14-16-18-35(45)42-33(30-43)20-21-34(44)40-22-24-50-26-28-52-31-36(46)41-23-25-51-27-29-53-32-37(47)48/h30,33H,4-29,31-32H2,1-3H3,(H,40,44)(H,41,46)(H,42,45)(H,47,48)/t33-/m0/s1. The normalized spacial score (nSPS) is 11.8. The lowest BCUT2D eigenvalue weighted by Gasteiger charge is -2.19. The predicted molar refractivity (Wildman–Crippen MR) is 204 cm³/mol. The van der Waals surface area contributed by atoms with Crippen molar-refractivity contribution in [2.45, 2.75) is 148 Å². The van der Waals surface area contributed by atoms with Crippen molar-refractivity contribution in [3.05, 3.63) is 0 Å². The average molecular weight is 774 g/mol. The number of hydrogen-bond acceptors (Lipinski definition) is 11. The minimum absolute atomic E-state index is 0.0978. The first-order chi connectivity index (χ1) is 25.9. The number of unbranched alkanes of at least 4 members (excludes halogenated alkanes) is 13. The third-order valence-corrected chi connectivity index (χ3v) is 7.99. The van der Waals surface area contributed by atoms with Crippen molar-refractivity contribution < 1.29 is 57.6 Å². The Hall–Kier alpha value is -3.14. The molecule has 0 bridgehead atoms. The van der Waals surface area contributed by atoms with Gasteiger partial charge in [-0.25, -0.2) is 4.79 Å². The van der Waals surface area contributed by atoms with Crippen LogP contribution in [0.15, 0.2) is 0 Å². The Balaban J connectivity index is 3.56. The Morgan fingerprint density at radius 3 is 1.48 bits per heavy atom. The van der Waals surface area contributed by atoms with E-state index in [1.54, 1.807) is 0 Å². The van der Waals surface area contributed by atoms with Crippen LogP contribution in [0.25, 0.3) is 0 Å². The number of carbonyl (C=O) groups is 6. The van der Waals surface area contributed by atoms with Gasteiger partial charge < -0.3 is 49.5 Å². The van der Waals surface area contributed by atoms with E-state index in [2.05, 4.69) is 16.0 Å². The fraction of sp³-hybridized carbons (Fsp3) is 0.846. The highest BCUT2D eigenvalue weighted by Gasteiger charge is 2.16. The second kappa shape index (κ2) is 35.6. The Labute approximate surface area is 323 Å². The van der Waals surface area contributed by atoms with Gasteiger partial charge in [0, 0.05) is 32.4 Å². The van der Waals surface area contributed by atoms with Crippen LogP contribution in [0.3, 0.4) is 0 Å². The molecule has 0 radical (unpaired) electrons. The van der Waals surface area contributed by atoms with E-state index in [0.717, 1.165) is 32.1 Å². The van der Waals surface area contributed by atoms with Crippen LogP contribution in [0.2, 0.25) is 0 Å². The zero-order valence-corrected chi connectivity index (χ0v) is 33.4. The number of esters is 1. The lowest BCUT2D eigenvalue weighted by molar-refractivity contribution is -0.155. The van der Waals surface area contributed by atoms with Gasteiger partial charge in [0.2, 0.25) is 17.7 Å². The van der Waals surface area contributed by atoms with Crippen LogP contribution in [0.1, 0.15) is 136 Å². The topological polar surface area (TPSA) is 205 Å². The van der Waals surface area contributed by atoms with Gasteiger partial charge in [0.05, 0.1) is 45.7 Å². The van der Waals surface area contributed by atoms with Crippen molar-refractivity contribution in [1.82, 2.24) is 16.0 Å². The van der Waals surface area contributed by atoms with Crippen LogP contribution in [-0.4, -0.2) is 119 Å². The predicted octanol–water partition coefficient (Wildman–Crippen LogP) is 4.42. The van der Waals surface area contributed by atoms with Crippen LogP contribution in [0.4, 0.5) is 0 Å². The fourth-order valence-corrected chi connectivity index (χ4v) is 5.24. The fourth-order valence-electron chi connectivity index (χ4n) is 5.24. The van der Waals surface area contributed by atoms with E-state index in [1.165, 1.54) is 57.8 Å². The Morgan fingerprint density at radius 1 is 0.556 bits per heavy atom. The quantitative estimate of drug-likeness (QED) is 0.0391. The zero-order valence-electron chi connectivity index (χ0n) is 33.4. The van der Waals surface area contributed by atoms with Crippen molar-refractivity contribution in [2.75, 3.05) is 65.9 Å². The summed E-state index contributed by atoms with van der Waals surface area (Å²) < 4.78 is 26.0. The lowest BCUT2D eigenvalue weighted by atomic mass is 10.0. The third-order valence-electron chi connectivity index (χ3n) is 7.99. The minimum Gasteiger partial charge on any atom is -0.480 e. The summed E-state index contributed by atoms with van der Waals surface area (Å²) >= 11 is 0. The van der Waals surface area contributed by atoms with Gasteiger partial charge in [0.25, 0.3) is 0 Å². The minimum atomic E-state index is -1.05. The summed E-state index contributed by atoms with van der Waals surface area (Å²) in [7, 11) is 0. The molecular formula is C39H71N3O12. The molecule has 54 heavy (non-hydrogen) atoms. The number of aliphatic carboxylic acids is 1. The van der Waals surface area contributed by atoms with Gasteiger partial charge in [-0.05, 0) is 40.0 Å². The summed E-state index contributed by atoms with van der Waals surface area (Å²) in [6.07, 6.45) is 17.8. The van der Waals surface area contributed by atoms with E-state index >= 15 is 0 Å². The molecule has 15 nitrogen and oxygen atoms in total. The van der Waals surface area contributed by atoms with Crippen molar-refractivity contribution in [1.29, 1.82) is 0 Å². The summed E-state index contributed by atoms with van der Waals surface area (Å²) in [5.74, 6) is -1.87. The number of aldehydes is 1. The summed E-state index contributed by atoms with van der Waals surface area (Å²) in [5.41, 5.74) is -0.401. The van der Waals surface area contributed by atoms with Crippen LogP contribution < -0.4 is 16.0 Å². The molecule has 0 aromatic carbocycles. The van der Waals surface area contributed by atoms with E-state index in [9.17, 15) is 28.8 Å². The monoisotopic (exact) mass is 774 g/mol. The van der Waals surface area contributed by atoms with Crippen LogP contribution in [0, 0.1) is 0 Å². The number of ether oxygens (including phenoxy) is 5. The van der Waals surface area contributed by atoms with E-state index in [-0.39, 0.29) is 102 Å². The molecule has 0 spiro atoms. The van der Waals surface area contributed by atoms with Crippen molar-refractivity contribution in [3.63, 3.8) is 0 Å². The van der Waals surface area contributed by atoms with Gasteiger partial charge in [-0.15, -0.1) is 0 Å². The zero-order chi connectivity index (χ0) is 40.1. The summed E-state index contributed by atoms with van der Waals surface area (Å²) in [6, 6.07) is -0.699. The van der Waals surface area contributed by atoms with Crippen LogP contribution in [-0.2, 0) is 52.5 Å². The molecule has 0 unspecified atom stereocenters. The maximum atomic E-state index is 12.3. The summed E-state index contributed by atoms with van der Waals surface area (Å²) in [6.45, 7) is 7.06. The number of nitrogens with one attached hydrogen (secondary N) is 3. The molecule has 4 N–H and O–H groups in total. The number of amides is 3. The smallest absolute Gasteiger partial charge is 0.329 e. The first-order valence-corrected chi connectivity index (χ1v) is 20.0. The molecule has 0 saturated heterocycles. The molecule has 15 heteroatoms. The third kappa shape index (κ3) is 38.6. The molecule has 0 rings (SSSR count). The van der Waals surface area contributed by atoms with Crippen molar-refractivity contribution in [3.8, 4) is 0 Å². The van der Waals surface area contributed by atoms with Crippen LogP contribution in [0.5, 0.6) is 0 Å². The Morgan fingerprint density at radius 2 is 1.00 bits per heavy atom. The van der Waals surface area contributed by atoms with Gasteiger partial charge in [-0.2, -0.15) is 0 Å². The van der Waals surface area contributed by atoms with E-state index < -0.39 is 17.6 Å². The molecule has 3 amide bonds. The van der Waals surface area contributed by atoms with Crippen molar-refractivity contribution >= 4 is 35.9 Å². The van der Waals surface area contributed by atoms with Gasteiger partial charge in [-0.1, -0.05) is 77.0 Å². The maximum Gasteiger partial charge on any atom is 0.329 e. The molecule has 0 aromatic rings. The highest BCUT2D eigenvalue weighted by atomic mass is 16.6. The lowest BCUT2D eigenvalue weighted by Crippen LogP contribution is -2.37. The highest BCUT2D eigenvalue weighted by molar-refractivity contribution is 5.80. The molecule has 0 aromatic heterocycles. The number of carbonyl (C=O) groups excluding carboxylic acids is 5. The summed E-state index contributed by atoms with van der Waals surface area (Å²) in [5, 5.41) is 16.5. The second-order valence-corrected chi connectivity index (χ2v) is 14.3. The first kappa shape index (κ1) is 50.9. The molecule has 0 aliphatic heterocycles. The molecule has 314 valence electrons. The maximum absolute atomic E-state index is 12.3. The highest BCUT2D eigenvalue weighted by Crippen LogP contribution is 2.15. The van der Waals surface area contributed by atoms with Crippen LogP contribution >= 0.6 is 0 Å². The van der Waals surface area contributed by atoms with E-state index in [1.807, 2.05) is 20.8 Å². The average Bonchev–Trinajstić information content (AvgIpc) is 3.11. The van der Waals surface area contributed by atoms with Gasteiger partial charge >= 0.3 is 11.9 Å². The number of carboxylic acids is 1. The van der Waals surface area contributed by atoms with Crippen molar-refractivity contribution in [2.24, 2.45) is 0 Å². The van der Waals surface area contributed by atoms with Gasteiger partial charge in [-0.3, -0.25) is 19.2 Å². The van der Waals surface area contributed by atoms with Gasteiger partial charge in [0.1, 0.15) is 25.1 Å². The largest absolute Gasteiger partial charge is 0.480 e. The van der Waals surface area contributed by atoms with Gasteiger partial charge in [0.15, 0.2) is 0 Å². The Bertz CT molecular complexity index is 1010. The number of rotatable bonds is 38.